The minimum absolute atomic E-state index is 0.173. The molecule has 0 spiro atoms. The van der Waals surface area contributed by atoms with Gasteiger partial charge < -0.3 is 5.11 Å². The van der Waals surface area contributed by atoms with Gasteiger partial charge in [0, 0.05) is 11.0 Å². The third kappa shape index (κ3) is 2.17. The highest BCUT2D eigenvalue weighted by molar-refractivity contribution is 6.00. The first-order chi connectivity index (χ1) is 7.62. The Hall–Kier alpha value is -1.15. The van der Waals surface area contributed by atoms with E-state index in [-0.39, 0.29) is 17.3 Å². The molecule has 16 heavy (non-hydrogen) atoms. The van der Waals surface area contributed by atoms with Crippen molar-refractivity contribution in [3.05, 3.63) is 35.9 Å². The third-order valence-corrected chi connectivity index (χ3v) is 3.54. The number of rotatable bonds is 2. The SMILES string of the molecule is C[C@@]1(C(=O)c2ccccc2)CCC[C@@H](O)C1. The van der Waals surface area contributed by atoms with E-state index in [9.17, 15) is 9.90 Å². The average Bonchev–Trinajstić information content (AvgIpc) is 2.29. The van der Waals surface area contributed by atoms with Gasteiger partial charge >= 0.3 is 0 Å². The van der Waals surface area contributed by atoms with Crippen molar-refractivity contribution in [1.82, 2.24) is 0 Å². The number of benzene rings is 1. The highest BCUT2D eigenvalue weighted by Crippen LogP contribution is 2.38. The number of Topliss-reactive ketones (excluding diaryl/α,β-unsaturated/α-hetero) is 1. The molecular weight excluding hydrogens is 200 g/mol. The summed E-state index contributed by atoms with van der Waals surface area (Å²) in [5, 5.41) is 9.69. The van der Waals surface area contributed by atoms with E-state index in [0.717, 1.165) is 24.8 Å². The molecule has 2 atom stereocenters. The van der Waals surface area contributed by atoms with Gasteiger partial charge in [-0.05, 0) is 25.7 Å². The minimum Gasteiger partial charge on any atom is -0.393 e. The normalized spacial score (nSPS) is 30.0. The summed E-state index contributed by atoms with van der Waals surface area (Å²) in [5.74, 6) is 0.173. The van der Waals surface area contributed by atoms with Crippen LogP contribution in [0.25, 0.3) is 0 Å². The topological polar surface area (TPSA) is 37.3 Å². The zero-order valence-electron chi connectivity index (χ0n) is 9.65. The molecule has 0 amide bonds. The lowest BCUT2D eigenvalue weighted by atomic mass is 9.70. The molecule has 86 valence electrons. The highest BCUT2D eigenvalue weighted by Gasteiger charge is 2.38. The van der Waals surface area contributed by atoms with Crippen LogP contribution in [0.15, 0.2) is 30.3 Å². The molecule has 0 aliphatic heterocycles. The van der Waals surface area contributed by atoms with Crippen molar-refractivity contribution in [3.63, 3.8) is 0 Å². The highest BCUT2D eigenvalue weighted by atomic mass is 16.3. The van der Waals surface area contributed by atoms with Gasteiger partial charge in [0.25, 0.3) is 0 Å². The van der Waals surface area contributed by atoms with Gasteiger partial charge in [-0.3, -0.25) is 4.79 Å². The lowest BCUT2D eigenvalue weighted by molar-refractivity contribution is 0.0438. The molecular formula is C14H18O2. The molecule has 1 aliphatic carbocycles. The van der Waals surface area contributed by atoms with E-state index in [4.69, 9.17) is 0 Å². The largest absolute Gasteiger partial charge is 0.393 e. The summed E-state index contributed by atoms with van der Waals surface area (Å²) in [6, 6.07) is 9.39. The molecule has 2 heteroatoms. The molecule has 1 aromatic rings. The van der Waals surface area contributed by atoms with E-state index >= 15 is 0 Å². The molecule has 1 fully saturated rings. The maximum atomic E-state index is 12.4. The van der Waals surface area contributed by atoms with E-state index in [1.807, 2.05) is 37.3 Å². The molecule has 1 N–H and O–H groups in total. The lowest BCUT2D eigenvalue weighted by Gasteiger charge is -2.34. The smallest absolute Gasteiger partial charge is 0.168 e. The molecule has 0 saturated heterocycles. The zero-order chi connectivity index (χ0) is 11.6. The Labute approximate surface area is 96.3 Å². The maximum Gasteiger partial charge on any atom is 0.168 e. The Balaban J connectivity index is 2.21. The van der Waals surface area contributed by atoms with Crippen LogP contribution >= 0.6 is 0 Å². The van der Waals surface area contributed by atoms with Crippen LogP contribution in [0.5, 0.6) is 0 Å². The molecule has 1 aliphatic rings. The van der Waals surface area contributed by atoms with Gasteiger partial charge in [0.2, 0.25) is 0 Å². The fourth-order valence-corrected chi connectivity index (χ4v) is 2.60. The van der Waals surface area contributed by atoms with Crippen LogP contribution in [0.4, 0.5) is 0 Å². The van der Waals surface area contributed by atoms with Crippen LogP contribution in [0.3, 0.4) is 0 Å². The van der Waals surface area contributed by atoms with Gasteiger partial charge in [-0.1, -0.05) is 37.3 Å². The second kappa shape index (κ2) is 4.38. The van der Waals surface area contributed by atoms with E-state index in [0.29, 0.717) is 6.42 Å². The lowest BCUT2D eigenvalue weighted by Crippen LogP contribution is -2.35. The maximum absolute atomic E-state index is 12.4. The fraction of sp³-hybridized carbons (Fsp3) is 0.500. The number of hydrogen-bond acceptors (Lipinski definition) is 2. The molecule has 1 aromatic carbocycles. The molecule has 0 heterocycles. The monoisotopic (exact) mass is 218 g/mol. The first kappa shape index (κ1) is 11.3. The number of hydrogen-bond donors (Lipinski definition) is 1. The van der Waals surface area contributed by atoms with Gasteiger partial charge in [0.1, 0.15) is 0 Å². The molecule has 0 bridgehead atoms. The predicted molar refractivity (Wildman–Crippen MR) is 63.4 cm³/mol. The predicted octanol–water partition coefficient (Wildman–Crippen LogP) is 2.81. The standard InChI is InChI=1S/C14H18O2/c1-14(9-5-8-12(15)10-14)13(16)11-6-3-2-4-7-11/h2-4,6-7,12,15H,5,8-10H2,1H3/t12-,14-/m1/s1. The fourth-order valence-electron chi connectivity index (χ4n) is 2.60. The van der Waals surface area contributed by atoms with Crippen molar-refractivity contribution in [2.24, 2.45) is 5.41 Å². The van der Waals surface area contributed by atoms with Crippen molar-refractivity contribution in [3.8, 4) is 0 Å². The third-order valence-electron chi connectivity index (χ3n) is 3.54. The summed E-state index contributed by atoms with van der Waals surface area (Å²) in [5.41, 5.74) is 0.387. The molecule has 1 saturated carbocycles. The summed E-state index contributed by atoms with van der Waals surface area (Å²) in [4.78, 5) is 12.4. The Morgan fingerprint density at radius 3 is 2.69 bits per heavy atom. The van der Waals surface area contributed by atoms with Crippen molar-refractivity contribution in [1.29, 1.82) is 0 Å². The Morgan fingerprint density at radius 2 is 2.06 bits per heavy atom. The summed E-state index contributed by atoms with van der Waals surface area (Å²) in [6.45, 7) is 1.98. The Kier molecular flexibility index (Phi) is 3.10. The van der Waals surface area contributed by atoms with E-state index in [1.54, 1.807) is 0 Å². The number of aliphatic hydroxyl groups is 1. The van der Waals surface area contributed by atoms with Crippen LogP contribution in [0.1, 0.15) is 43.0 Å². The summed E-state index contributed by atoms with van der Waals surface area (Å²) in [6.07, 6.45) is 2.94. The average molecular weight is 218 g/mol. The van der Waals surface area contributed by atoms with Crippen LogP contribution in [-0.4, -0.2) is 17.0 Å². The minimum atomic E-state index is -0.376. The van der Waals surface area contributed by atoms with Crippen molar-refractivity contribution in [2.75, 3.05) is 0 Å². The number of aliphatic hydroxyl groups excluding tert-OH is 1. The van der Waals surface area contributed by atoms with Crippen LogP contribution in [0.2, 0.25) is 0 Å². The van der Waals surface area contributed by atoms with Gasteiger partial charge in [0.05, 0.1) is 6.10 Å². The van der Waals surface area contributed by atoms with E-state index in [1.165, 1.54) is 0 Å². The molecule has 0 unspecified atom stereocenters. The van der Waals surface area contributed by atoms with Crippen LogP contribution in [-0.2, 0) is 0 Å². The zero-order valence-corrected chi connectivity index (χ0v) is 9.65. The summed E-state index contributed by atoms with van der Waals surface area (Å²) in [7, 11) is 0. The van der Waals surface area contributed by atoms with Crippen molar-refractivity contribution in [2.45, 2.75) is 38.7 Å². The van der Waals surface area contributed by atoms with Gasteiger partial charge in [-0.25, -0.2) is 0 Å². The second-order valence-electron chi connectivity index (χ2n) is 5.01. The Bertz CT molecular complexity index is 372. The number of ketones is 1. The second-order valence-corrected chi connectivity index (χ2v) is 5.01. The van der Waals surface area contributed by atoms with Crippen LogP contribution < -0.4 is 0 Å². The van der Waals surface area contributed by atoms with Crippen molar-refractivity contribution >= 4 is 5.78 Å². The van der Waals surface area contributed by atoms with Gasteiger partial charge in [0.15, 0.2) is 5.78 Å². The summed E-state index contributed by atoms with van der Waals surface area (Å²) >= 11 is 0. The van der Waals surface area contributed by atoms with Gasteiger partial charge in [-0.15, -0.1) is 0 Å². The van der Waals surface area contributed by atoms with Crippen molar-refractivity contribution < 1.29 is 9.90 Å². The van der Waals surface area contributed by atoms with E-state index in [2.05, 4.69) is 0 Å². The first-order valence-electron chi connectivity index (χ1n) is 5.90. The Morgan fingerprint density at radius 1 is 1.38 bits per heavy atom. The molecule has 2 nitrogen and oxygen atoms in total. The molecule has 0 aromatic heterocycles. The number of carbonyl (C=O) groups is 1. The molecule has 0 radical (unpaired) electrons. The number of carbonyl (C=O) groups excluding carboxylic acids is 1. The quantitative estimate of drug-likeness (QED) is 0.775. The van der Waals surface area contributed by atoms with Gasteiger partial charge in [-0.2, -0.15) is 0 Å². The van der Waals surface area contributed by atoms with E-state index < -0.39 is 0 Å². The molecule has 2 rings (SSSR count). The van der Waals surface area contributed by atoms with Crippen LogP contribution in [0, 0.1) is 5.41 Å². The first-order valence-corrected chi connectivity index (χ1v) is 5.90. The summed E-state index contributed by atoms with van der Waals surface area (Å²) < 4.78 is 0.